The molecule has 2 aromatic heterocycles. The van der Waals surface area contributed by atoms with Crippen molar-refractivity contribution in [3.05, 3.63) is 63.4 Å². The molecule has 2 heterocycles. The van der Waals surface area contributed by atoms with E-state index in [1.165, 1.54) is 17.8 Å². The van der Waals surface area contributed by atoms with Gasteiger partial charge in [-0.3, -0.25) is 9.36 Å². The van der Waals surface area contributed by atoms with Crippen LogP contribution in [0.2, 0.25) is 0 Å². The molecular weight excluding hydrogens is 284 g/mol. The van der Waals surface area contributed by atoms with E-state index >= 15 is 0 Å². The summed E-state index contributed by atoms with van der Waals surface area (Å²) in [5.74, 6) is -1.01. The molecule has 22 heavy (non-hydrogen) atoms. The smallest absolute Gasteiger partial charge is 0.340 e. The Morgan fingerprint density at radius 2 is 2.05 bits per heavy atom. The Hall–Kier alpha value is -2.89. The van der Waals surface area contributed by atoms with Gasteiger partial charge in [0.05, 0.1) is 6.54 Å². The number of carboxylic acids is 1. The molecule has 0 amide bonds. The maximum absolute atomic E-state index is 12.6. The lowest BCUT2D eigenvalue weighted by Crippen LogP contribution is -2.22. The minimum Gasteiger partial charge on any atom is -0.478 e. The summed E-state index contributed by atoms with van der Waals surface area (Å²) in [5.41, 5.74) is 1.55. The van der Waals surface area contributed by atoms with Gasteiger partial charge in [-0.1, -0.05) is 24.3 Å². The first-order valence-electron chi connectivity index (χ1n) is 6.75. The second-order valence-corrected chi connectivity index (χ2v) is 5.12. The van der Waals surface area contributed by atoms with Crippen molar-refractivity contribution in [1.29, 1.82) is 0 Å². The summed E-state index contributed by atoms with van der Waals surface area (Å²) in [5, 5.41) is 9.28. The van der Waals surface area contributed by atoms with Gasteiger partial charge in [-0.2, -0.15) is 0 Å². The fraction of sp³-hybridized carbons (Fsp3) is 0.188. The molecule has 0 aliphatic rings. The van der Waals surface area contributed by atoms with Crippen molar-refractivity contribution in [2.45, 2.75) is 20.4 Å². The summed E-state index contributed by atoms with van der Waals surface area (Å²) in [7, 11) is 0. The summed E-state index contributed by atoms with van der Waals surface area (Å²) in [6, 6.07) is 7.69. The topological polar surface area (TPSA) is 85.3 Å². The van der Waals surface area contributed by atoms with Crippen LogP contribution >= 0.6 is 0 Å². The first-order chi connectivity index (χ1) is 10.5. The molecule has 1 aromatic carbocycles. The number of aromatic carboxylic acids is 1. The van der Waals surface area contributed by atoms with Gasteiger partial charge in [0.1, 0.15) is 23.0 Å². The summed E-state index contributed by atoms with van der Waals surface area (Å²) < 4.78 is 6.66. The van der Waals surface area contributed by atoms with Crippen molar-refractivity contribution < 1.29 is 14.3 Å². The molecule has 112 valence electrons. The molecule has 0 atom stereocenters. The molecule has 0 saturated heterocycles. The van der Waals surface area contributed by atoms with E-state index in [1.54, 1.807) is 0 Å². The molecule has 1 N–H and O–H groups in total. The number of hydrogen-bond acceptors (Lipinski definition) is 4. The molecule has 0 aliphatic heterocycles. The van der Waals surface area contributed by atoms with E-state index in [-0.39, 0.29) is 22.4 Å². The lowest BCUT2D eigenvalue weighted by molar-refractivity contribution is 0.0697. The average Bonchev–Trinajstić information content (AvgIpc) is 2.81. The molecular formula is C16H14N2O4. The summed E-state index contributed by atoms with van der Waals surface area (Å²) in [6.45, 7) is 3.80. The van der Waals surface area contributed by atoms with E-state index in [2.05, 4.69) is 4.98 Å². The van der Waals surface area contributed by atoms with Gasteiger partial charge < -0.3 is 9.52 Å². The van der Waals surface area contributed by atoms with Crippen LogP contribution in [0.25, 0.3) is 11.1 Å². The molecule has 3 rings (SSSR count). The number of furan rings is 1. The number of benzene rings is 1. The fourth-order valence-corrected chi connectivity index (χ4v) is 2.48. The van der Waals surface area contributed by atoms with Crippen LogP contribution in [0.1, 0.15) is 27.2 Å². The van der Waals surface area contributed by atoms with Crippen molar-refractivity contribution in [2.75, 3.05) is 0 Å². The van der Waals surface area contributed by atoms with Crippen molar-refractivity contribution in [3.63, 3.8) is 0 Å². The van der Waals surface area contributed by atoms with Crippen molar-refractivity contribution in [1.82, 2.24) is 9.55 Å². The molecule has 0 spiro atoms. The third-order valence-corrected chi connectivity index (χ3v) is 3.67. The van der Waals surface area contributed by atoms with Crippen LogP contribution < -0.4 is 5.56 Å². The predicted octanol–water partition coefficient (Wildman–Crippen LogP) is 2.35. The van der Waals surface area contributed by atoms with Crippen LogP contribution in [0.5, 0.6) is 0 Å². The monoisotopic (exact) mass is 298 g/mol. The van der Waals surface area contributed by atoms with Crippen molar-refractivity contribution in [2.24, 2.45) is 0 Å². The van der Waals surface area contributed by atoms with Crippen LogP contribution in [-0.4, -0.2) is 20.6 Å². The molecule has 6 nitrogen and oxygen atoms in total. The molecule has 0 radical (unpaired) electrons. The maximum atomic E-state index is 12.6. The summed E-state index contributed by atoms with van der Waals surface area (Å²) in [4.78, 5) is 28.0. The second kappa shape index (κ2) is 5.14. The Labute approximate surface area is 125 Å². The van der Waals surface area contributed by atoms with Gasteiger partial charge in [-0.05, 0) is 25.0 Å². The van der Waals surface area contributed by atoms with Crippen LogP contribution in [0.3, 0.4) is 0 Å². The highest BCUT2D eigenvalue weighted by Crippen LogP contribution is 2.20. The van der Waals surface area contributed by atoms with Gasteiger partial charge in [-0.25, -0.2) is 9.78 Å². The molecule has 3 aromatic rings. The minimum atomic E-state index is -1.19. The number of nitrogens with zero attached hydrogens (tertiary/aromatic N) is 2. The van der Waals surface area contributed by atoms with E-state index in [9.17, 15) is 14.7 Å². The van der Waals surface area contributed by atoms with Gasteiger partial charge in [0.25, 0.3) is 5.56 Å². The van der Waals surface area contributed by atoms with Gasteiger partial charge in [0.2, 0.25) is 5.71 Å². The highest BCUT2D eigenvalue weighted by molar-refractivity contribution is 6.02. The van der Waals surface area contributed by atoms with Crippen molar-refractivity contribution in [3.8, 4) is 0 Å². The average molecular weight is 298 g/mol. The summed E-state index contributed by atoms with van der Waals surface area (Å²) >= 11 is 0. The number of aromatic nitrogens is 2. The zero-order valence-corrected chi connectivity index (χ0v) is 12.2. The van der Waals surface area contributed by atoms with Crippen molar-refractivity contribution >= 4 is 17.1 Å². The van der Waals surface area contributed by atoms with Crippen LogP contribution in [0, 0.1) is 13.8 Å². The van der Waals surface area contributed by atoms with Gasteiger partial charge >= 0.3 is 5.97 Å². The number of carbonyl (C=O) groups is 1. The third kappa shape index (κ3) is 2.18. The standard InChI is InChI=1S/C16H14N2O4/c1-9-5-3-4-6-11(9)7-18-8-17-14-13(15(18)19)12(16(20)21)10(2)22-14/h3-6,8H,7H2,1-2H3,(H,20,21). The fourth-order valence-electron chi connectivity index (χ4n) is 2.48. The Balaban J connectivity index is 2.19. The first kappa shape index (κ1) is 14.1. The summed E-state index contributed by atoms with van der Waals surface area (Å²) in [6.07, 6.45) is 1.38. The van der Waals surface area contributed by atoms with E-state index < -0.39 is 11.5 Å². The van der Waals surface area contributed by atoms with E-state index in [0.717, 1.165) is 11.1 Å². The Morgan fingerprint density at radius 3 is 2.73 bits per heavy atom. The lowest BCUT2D eigenvalue weighted by atomic mass is 10.1. The van der Waals surface area contributed by atoms with E-state index in [0.29, 0.717) is 6.54 Å². The predicted molar refractivity (Wildman–Crippen MR) is 80.2 cm³/mol. The zero-order chi connectivity index (χ0) is 15.9. The molecule has 0 bridgehead atoms. The molecule has 6 heteroatoms. The van der Waals surface area contributed by atoms with Gasteiger partial charge in [0.15, 0.2) is 0 Å². The zero-order valence-electron chi connectivity index (χ0n) is 12.2. The highest BCUT2D eigenvalue weighted by Gasteiger charge is 2.22. The molecule has 0 aliphatic carbocycles. The first-order valence-corrected chi connectivity index (χ1v) is 6.75. The van der Waals surface area contributed by atoms with Crippen LogP contribution in [0.15, 0.2) is 39.8 Å². The normalized spacial score (nSPS) is 11.0. The highest BCUT2D eigenvalue weighted by atomic mass is 16.4. The molecule has 0 fully saturated rings. The second-order valence-electron chi connectivity index (χ2n) is 5.12. The molecule has 0 saturated carbocycles. The van der Waals surface area contributed by atoms with Gasteiger partial charge in [-0.15, -0.1) is 0 Å². The minimum absolute atomic E-state index is 0.0149. The Bertz CT molecular complexity index is 937. The number of rotatable bonds is 3. The SMILES string of the molecule is Cc1ccccc1Cn1cnc2oc(C)c(C(=O)O)c2c1=O. The van der Waals surface area contributed by atoms with E-state index in [4.69, 9.17) is 4.42 Å². The Morgan fingerprint density at radius 1 is 1.32 bits per heavy atom. The van der Waals surface area contributed by atoms with Crippen LogP contribution in [-0.2, 0) is 6.54 Å². The number of aryl methyl sites for hydroxylation is 2. The number of carboxylic acid groups (broad SMARTS) is 1. The third-order valence-electron chi connectivity index (χ3n) is 3.67. The molecule has 0 unspecified atom stereocenters. The Kier molecular flexibility index (Phi) is 3.29. The number of fused-ring (bicyclic) bond motifs is 1. The lowest BCUT2D eigenvalue weighted by Gasteiger charge is -2.07. The largest absolute Gasteiger partial charge is 0.478 e. The van der Waals surface area contributed by atoms with Crippen LogP contribution in [0.4, 0.5) is 0 Å². The number of hydrogen-bond donors (Lipinski definition) is 1. The maximum Gasteiger partial charge on any atom is 0.340 e. The van der Waals surface area contributed by atoms with E-state index in [1.807, 2.05) is 31.2 Å². The van der Waals surface area contributed by atoms with Gasteiger partial charge in [0, 0.05) is 0 Å². The quantitative estimate of drug-likeness (QED) is 0.802.